The normalized spacial score (nSPS) is 18.5. The predicted octanol–water partition coefficient (Wildman–Crippen LogP) is 2.74. The van der Waals surface area contributed by atoms with Gasteiger partial charge in [-0.25, -0.2) is 4.98 Å². The van der Waals surface area contributed by atoms with E-state index in [1.165, 1.54) is 6.42 Å². The van der Waals surface area contributed by atoms with Crippen LogP contribution in [0.5, 0.6) is 0 Å². The number of pyridine rings is 1. The number of imidazole rings is 1. The van der Waals surface area contributed by atoms with Gasteiger partial charge < -0.3 is 13.9 Å². The molecule has 3 aromatic rings. The van der Waals surface area contributed by atoms with Gasteiger partial charge in [0.25, 0.3) is 0 Å². The van der Waals surface area contributed by atoms with Crippen LogP contribution in [0.25, 0.3) is 16.8 Å². The lowest BCUT2D eigenvalue weighted by Crippen LogP contribution is -2.24. The molecule has 0 N–H and O–H groups in total. The van der Waals surface area contributed by atoms with E-state index in [1.54, 1.807) is 6.20 Å². The number of nitrogens with zero attached hydrogens (tertiary/aromatic N) is 4. The van der Waals surface area contributed by atoms with Crippen molar-refractivity contribution < 1.29 is 9.47 Å². The Hall–Kier alpha value is -2.18. The monoisotopic (exact) mass is 312 g/mol. The molecule has 1 aliphatic rings. The largest absolute Gasteiger partial charge is 0.353 e. The summed E-state index contributed by atoms with van der Waals surface area (Å²) in [4.78, 5) is 4.31. The van der Waals surface area contributed by atoms with Crippen molar-refractivity contribution in [2.45, 2.75) is 32.1 Å². The van der Waals surface area contributed by atoms with Crippen LogP contribution in [0.1, 0.15) is 19.3 Å². The van der Waals surface area contributed by atoms with E-state index in [0.717, 1.165) is 42.8 Å². The van der Waals surface area contributed by atoms with Gasteiger partial charge in [0.2, 0.25) is 0 Å². The van der Waals surface area contributed by atoms with Gasteiger partial charge in [-0.3, -0.25) is 4.68 Å². The first kappa shape index (κ1) is 14.4. The van der Waals surface area contributed by atoms with E-state index in [1.807, 2.05) is 33.9 Å². The standard InChI is InChI=1S/C17H20N4O2/c1-2-9-22-17(3-1)23-10-8-21-13-15(12-19-21)14-4-6-20-7-5-18-16(20)11-14/h4-7,11-13,17H,1-3,8-10H2. The van der Waals surface area contributed by atoms with Gasteiger partial charge in [0.1, 0.15) is 5.65 Å². The van der Waals surface area contributed by atoms with Gasteiger partial charge in [0, 0.05) is 37.0 Å². The lowest BCUT2D eigenvalue weighted by molar-refractivity contribution is -0.163. The number of ether oxygens (including phenoxy) is 2. The third kappa shape index (κ3) is 3.28. The van der Waals surface area contributed by atoms with Crippen molar-refractivity contribution in [2.24, 2.45) is 0 Å². The maximum Gasteiger partial charge on any atom is 0.157 e. The highest BCUT2D eigenvalue weighted by molar-refractivity contribution is 5.65. The van der Waals surface area contributed by atoms with Crippen molar-refractivity contribution in [3.8, 4) is 11.1 Å². The molecule has 0 aromatic carbocycles. The number of aromatic nitrogens is 4. The molecule has 6 heteroatoms. The van der Waals surface area contributed by atoms with Crippen LogP contribution in [-0.4, -0.2) is 38.7 Å². The lowest BCUT2D eigenvalue weighted by Gasteiger charge is -2.22. The van der Waals surface area contributed by atoms with E-state index >= 15 is 0 Å². The third-order valence-corrected chi connectivity index (χ3v) is 4.13. The fourth-order valence-electron chi connectivity index (χ4n) is 2.85. The molecule has 1 saturated heterocycles. The van der Waals surface area contributed by atoms with Gasteiger partial charge in [-0.1, -0.05) is 0 Å². The van der Waals surface area contributed by atoms with E-state index in [4.69, 9.17) is 9.47 Å². The maximum atomic E-state index is 5.75. The van der Waals surface area contributed by atoms with E-state index in [9.17, 15) is 0 Å². The Balaban J connectivity index is 1.38. The van der Waals surface area contributed by atoms with Gasteiger partial charge in [-0.05, 0) is 37.0 Å². The smallest absolute Gasteiger partial charge is 0.157 e. The lowest BCUT2D eigenvalue weighted by atomic mass is 10.1. The Morgan fingerprint density at radius 1 is 1.26 bits per heavy atom. The highest BCUT2D eigenvalue weighted by Gasteiger charge is 2.13. The Labute approximate surface area is 134 Å². The van der Waals surface area contributed by atoms with Crippen LogP contribution in [0.3, 0.4) is 0 Å². The van der Waals surface area contributed by atoms with Crippen LogP contribution in [0, 0.1) is 0 Å². The number of hydrogen-bond donors (Lipinski definition) is 0. The first-order chi connectivity index (χ1) is 11.4. The molecule has 1 unspecified atom stereocenters. The first-order valence-electron chi connectivity index (χ1n) is 8.07. The minimum absolute atomic E-state index is 0.0402. The highest BCUT2D eigenvalue weighted by atomic mass is 16.7. The Morgan fingerprint density at radius 2 is 2.26 bits per heavy atom. The van der Waals surface area contributed by atoms with Crippen LogP contribution < -0.4 is 0 Å². The van der Waals surface area contributed by atoms with Crippen molar-refractivity contribution in [3.63, 3.8) is 0 Å². The molecular weight excluding hydrogens is 292 g/mol. The van der Waals surface area contributed by atoms with Crippen molar-refractivity contribution in [3.05, 3.63) is 43.1 Å². The second-order valence-corrected chi connectivity index (χ2v) is 5.77. The summed E-state index contributed by atoms with van der Waals surface area (Å²) in [5.41, 5.74) is 3.14. The SMILES string of the molecule is c1cn2ccc(-c3cnn(CCOC4CCCCO4)c3)cc2n1. The average Bonchev–Trinajstić information content (AvgIpc) is 3.24. The average molecular weight is 312 g/mol. The van der Waals surface area contributed by atoms with E-state index in [0.29, 0.717) is 6.61 Å². The molecule has 0 radical (unpaired) electrons. The minimum Gasteiger partial charge on any atom is -0.353 e. The van der Waals surface area contributed by atoms with E-state index < -0.39 is 0 Å². The van der Waals surface area contributed by atoms with Crippen LogP contribution in [0.15, 0.2) is 43.1 Å². The first-order valence-corrected chi connectivity index (χ1v) is 8.07. The Kier molecular flexibility index (Phi) is 4.08. The molecule has 1 aliphatic heterocycles. The van der Waals surface area contributed by atoms with Crippen LogP contribution in [0.2, 0.25) is 0 Å². The number of fused-ring (bicyclic) bond motifs is 1. The molecule has 1 fully saturated rings. The fraction of sp³-hybridized carbons (Fsp3) is 0.412. The highest BCUT2D eigenvalue weighted by Crippen LogP contribution is 2.20. The van der Waals surface area contributed by atoms with E-state index in [2.05, 4.69) is 22.2 Å². The molecule has 0 spiro atoms. The molecule has 120 valence electrons. The van der Waals surface area contributed by atoms with Gasteiger partial charge in [-0.2, -0.15) is 5.10 Å². The molecule has 23 heavy (non-hydrogen) atoms. The summed E-state index contributed by atoms with van der Waals surface area (Å²) < 4.78 is 15.2. The van der Waals surface area contributed by atoms with Crippen LogP contribution >= 0.6 is 0 Å². The molecule has 0 bridgehead atoms. The summed E-state index contributed by atoms with van der Waals surface area (Å²) in [6.07, 6.45) is 13.0. The van der Waals surface area contributed by atoms with Gasteiger partial charge >= 0.3 is 0 Å². The van der Waals surface area contributed by atoms with Gasteiger partial charge in [-0.15, -0.1) is 0 Å². The Bertz CT molecular complexity index is 774. The summed E-state index contributed by atoms with van der Waals surface area (Å²) >= 11 is 0. The predicted molar refractivity (Wildman–Crippen MR) is 86.0 cm³/mol. The van der Waals surface area contributed by atoms with Gasteiger partial charge in [0.15, 0.2) is 6.29 Å². The molecule has 0 amide bonds. The molecule has 3 aromatic heterocycles. The molecule has 4 heterocycles. The molecule has 1 atom stereocenters. The molecule has 0 saturated carbocycles. The third-order valence-electron chi connectivity index (χ3n) is 4.13. The second-order valence-electron chi connectivity index (χ2n) is 5.77. The molecular formula is C17H20N4O2. The molecule has 6 nitrogen and oxygen atoms in total. The summed E-state index contributed by atoms with van der Waals surface area (Å²) in [5.74, 6) is 0. The van der Waals surface area contributed by atoms with Crippen molar-refractivity contribution >= 4 is 5.65 Å². The summed E-state index contributed by atoms with van der Waals surface area (Å²) in [5, 5.41) is 4.41. The van der Waals surface area contributed by atoms with Crippen LogP contribution in [0.4, 0.5) is 0 Å². The zero-order valence-electron chi connectivity index (χ0n) is 13.0. The quantitative estimate of drug-likeness (QED) is 0.727. The topological polar surface area (TPSA) is 53.6 Å². The summed E-state index contributed by atoms with van der Waals surface area (Å²) in [7, 11) is 0. The zero-order valence-corrected chi connectivity index (χ0v) is 13.0. The molecule has 4 rings (SSSR count). The summed E-state index contributed by atoms with van der Waals surface area (Å²) in [6, 6.07) is 4.14. The van der Waals surface area contributed by atoms with Gasteiger partial charge in [0.05, 0.1) is 19.3 Å². The minimum atomic E-state index is -0.0402. The zero-order chi connectivity index (χ0) is 15.5. The Morgan fingerprint density at radius 3 is 3.17 bits per heavy atom. The second kappa shape index (κ2) is 6.52. The van der Waals surface area contributed by atoms with Crippen molar-refractivity contribution in [1.82, 2.24) is 19.2 Å². The van der Waals surface area contributed by atoms with Crippen LogP contribution in [-0.2, 0) is 16.0 Å². The van der Waals surface area contributed by atoms with Crippen molar-refractivity contribution in [2.75, 3.05) is 13.2 Å². The molecule has 0 aliphatic carbocycles. The van der Waals surface area contributed by atoms with E-state index in [-0.39, 0.29) is 6.29 Å². The maximum absolute atomic E-state index is 5.75. The van der Waals surface area contributed by atoms with Crippen molar-refractivity contribution in [1.29, 1.82) is 0 Å². The summed E-state index contributed by atoms with van der Waals surface area (Å²) in [6.45, 7) is 2.16. The number of hydrogen-bond acceptors (Lipinski definition) is 4. The number of rotatable bonds is 5. The fourth-order valence-corrected chi connectivity index (χ4v) is 2.85.